The van der Waals surface area contributed by atoms with Crippen LogP contribution in [0.15, 0.2) is 0 Å². The second-order valence-electron chi connectivity index (χ2n) is 3.72. The molecule has 0 saturated carbocycles. The smallest absolute Gasteiger partial charge is 0.469 e. The van der Waals surface area contributed by atoms with E-state index in [1.54, 1.807) is 20.8 Å². The largest absolute Gasteiger partial charge is 2.00 e. The molecule has 0 aromatic rings. The number of esters is 1. The van der Waals surface area contributed by atoms with Crippen LogP contribution in [0.4, 0.5) is 4.79 Å². The third-order valence-electron chi connectivity index (χ3n) is 1.18. The normalized spacial score (nSPS) is 10.4. The van der Waals surface area contributed by atoms with Crippen LogP contribution in [-0.4, -0.2) is 30.8 Å². The Labute approximate surface area is 124 Å². The van der Waals surface area contributed by atoms with E-state index in [-0.39, 0.29) is 26.9 Å². The summed E-state index contributed by atoms with van der Waals surface area (Å²) in [5.74, 6) is -0.615. The van der Waals surface area contributed by atoms with Gasteiger partial charge in [-0.15, -0.1) is 0 Å². The van der Waals surface area contributed by atoms with E-state index in [1.165, 1.54) is 7.11 Å². The minimum absolute atomic E-state index is 0. The molecule has 1 unspecified atom stereocenters. The first-order valence-electron chi connectivity index (χ1n) is 5.16. The fraction of sp³-hybridized carbons (Fsp3) is 0.667. The van der Waals surface area contributed by atoms with Crippen LogP contribution in [0, 0.1) is 14.4 Å². The Morgan fingerprint density at radius 2 is 1.61 bits per heavy atom. The van der Waals surface area contributed by atoms with Crippen molar-refractivity contribution in [1.29, 1.82) is 0 Å². The van der Waals surface area contributed by atoms with Gasteiger partial charge in [0.15, 0.2) is 0 Å². The van der Waals surface area contributed by atoms with E-state index in [2.05, 4.69) is 17.0 Å². The van der Waals surface area contributed by atoms with Crippen LogP contribution in [0.1, 0.15) is 34.6 Å². The molecule has 0 saturated heterocycles. The number of carbonyl (C=O) groups is 2. The average Bonchev–Trinajstić information content (AvgIpc) is 2.16. The summed E-state index contributed by atoms with van der Waals surface area (Å²) in [6.07, 6.45) is -0.692. The van der Waals surface area contributed by atoms with Crippen molar-refractivity contribution in [1.82, 2.24) is 5.32 Å². The second kappa shape index (κ2) is 12.8. The zero-order valence-electron chi connectivity index (χ0n) is 12.6. The van der Waals surface area contributed by atoms with Gasteiger partial charge in [-0.1, -0.05) is 13.8 Å². The first-order chi connectivity index (χ1) is 7.26. The van der Waals surface area contributed by atoms with Crippen LogP contribution >= 0.6 is 0 Å². The maximum atomic E-state index is 11.1. The number of nitrogens with one attached hydrogen (secondary N) is 1. The van der Waals surface area contributed by atoms with Crippen LogP contribution < -0.4 is 5.32 Å². The number of carbonyl (C=O) groups excluding carboxylic acids is 2. The number of methoxy groups -OCH3 is 1. The minimum Gasteiger partial charge on any atom is -0.469 e. The van der Waals surface area contributed by atoms with Crippen molar-refractivity contribution in [2.75, 3.05) is 7.11 Å². The monoisotopic (exact) mass is 311 g/mol. The molecule has 18 heavy (non-hydrogen) atoms. The molecule has 5 nitrogen and oxygen atoms in total. The molecule has 0 bridgehead atoms. The number of rotatable bonds is 2. The standard InChI is InChI=1S/C9H16NO4.C2H6.CH3.Zn/c1-6(7(11)13-5)10-8(12)14-9(2,3)4;1-2;;/h6H,1H2,2-5H3,(H,10,12);1-2H3;1H3;/q-1;;-1;+2. The Morgan fingerprint density at radius 3 is 1.89 bits per heavy atom. The Morgan fingerprint density at radius 1 is 1.22 bits per heavy atom. The Hall–Kier alpha value is -0.637. The Kier molecular flexibility index (Phi) is 18.5. The van der Waals surface area contributed by atoms with Crippen LogP contribution in [0.25, 0.3) is 0 Å². The summed E-state index contributed by atoms with van der Waals surface area (Å²) in [6.45, 7) is 12.6. The van der Waals surface area contributed by atoms with E-state index >= 15 is 0 Å². The molecule has 6 heteroatoms. The van der Waals surface area contributed by atoms with Crippen LogP contribution in [0.5, 0.6) is 0 Å². The number of hydrogen-bond donors (Lipinski definition) is 1. The van der Waals surface area contributed by atoms with Crippen molar-refractivity contribution in [3.63, 3.8) is 0 Å². The van der Waals surface area contributed by atoms with Crippen LogP contribution in [0.2, 0.25) is 0 Å². The predicted molar refractivity (Wildman–Crippen MR) is 68.3 cm³/mol. The van der Waals surface area contributed by atoms with E-state index in [0.29, 0.717) is 0 Å². The molecule has 1 amide bonds. The molecule has 0 aliphatic carbocycles. The van der Waals surface area contributed by atoms with Crippen LogP contribution in [0.3, 0.4) is 0 Å². The van der Waals surface area contributed by atoms with E-state index in [0.717, 1.165) is 0 Å². The molecular weight excluding hydrogens is 288 g/mol. The summed E-state index contributed by atoms with van der Waals surface area (Å²) < 4.78 is 9.28. The second-order valence-corrected chi connectivity index (χ2v) is 3.72. The van der Waals surface area contributed by atoms with E-state index in [9.17, 15) is 9.59 Å². The Balaban J connectivity index is -0.000000232. The summed E-state index contributed by atoms with van der Waals surface area (Å²) in [5, 5.41) is 2.24. The van der Waals surface area contributed by atoms with Crippen molar-refractivity contribution >= 4 is 12.1 Å². The van der Waals surface area contributed by atoms with Gasteiger partial charge in [0, 0.05) is 6.04 Å². The third kappa shape index (κ3) is 15.4. The predicted octanol–water partition coefficient (Wildman–Crippen LogP) is 2.36. The van der Waals surface area contributed by atoms with E-state index in [4.69, 9.17) is 4.74 Å². The molecule has 0 heterocycles. The van der Waals surface area contributed by atoms with Gasteiger partial charge in [0.25, 0.3) is 5.97 Å². The van der Waals surface area contributed by atoms with Gasteiger partial charge in [0.2, 0.25) is 0 Å². The Bertz CT molecular complexity index is 227. The summed E-state index contributed by atoms with van der Waals surface area (Å²) >= 11 is 0. The summed E-state index contributed by atoms with van der Waals surface area (Å²) in [7, 11) is 1.22. The van der Waals surface area contributed by atoms with E-state index in [1.807, 2.05) is 13.8 Å². The van der Waals surface area contributed by atoms with Gasteiger partial charge in [-0.05, 0) is 20.8 Å². The third-order valence-corrected chi connectivity index (χ3v) is 1.18. The van der Waals surface area contributed by atoms with Gasteiger partial charge < -0.3 is 29.1 Å². The first kappa shape index (κ1) is 26.0. The molecule has 0 aliphatic rings. The zero-order valence-corrected chi connectivity index (χ0v) is 15.6. The number of amides is 1. The van der Waals surface area contributed by atoms with Gasteiger partial charge in [0.05, 0.1) is 7.11 Å². The summed E-state index contributed by atoms with van der Waals surface area (Å²) in [5.41, 5.74) is -0.597. The van der Waals surface area contributed by atoms with Gasteiger partial charge in [-0.3, -0.25) is 4.79 Å². The topological polar surface area (TPSA) is 64.6 Å². The fourth-order valence-electron chi connectivity index (χ4n) is 0.651. The van der Waals surface area contributed by atoms with Crippen molar-refractivity contribution < 1.29 is 38.5 Å². The van der Waals surface area contributed by atoms with Gasteiger partial charge in [-0.2, -0.15) is 0 Å². The number of hydrogen-bond acceptors (Lipinski definition) is 4. The fourth-order valence-corrected chi connectivity index (χ4v) is 0.651. The maximum Gasteiger partial charge on any atom is 2.00 e. The van der Waals surface area contributed by atoms with Gasteiger partial charge in [0.1, 0.15) is 5.60 Å². The molecule has 0 aromatic carbocycles. The molecule has 0 radical (unpaired) electrons. The molecular formula is C12H25NO4Zn. The van der Waals surface area contributed by atoms with Crippen molar-refractivity contribution in [3.05, 3.63) is 14.4 Å². The molecule has 0 spiro atoms. The molecule has 0 aliphatic heterocycles. The molecule has 1 N–H and O–H groups in total. The number of ether oxygens (including phenoxy) is 2. The molecule has 104 valence electrons. The van der Waals surface area contributed by atoms with Crippen molar-refractivity contribution in [3.8, 4) is 0 Å². The van der Waals surface area contributed by atoms with Gasteiger partial charge in [-0.25, -0.2) is 4.79 Å². The average molecular weight is 313 g/mol. The summed E-state index contributed by atoms with van der Waals surface area (Å²) in [4.78, 5) is 22.0. The molecule has 0 aromatic heterocycles. The molecule has 0 fully saturated rings. The van der Waals surface area contributed by atoms with E-state index < -0.39 is 23.7 Å². The van der Waals surface area contributed by atoms with Crippen molar-refractivity contribution in [2.24, 2.45) is 0 Å². The quantitative estimate of drug-likeness (QED) is 0.483. The first-order valence-corrected chi connectivity index (χ1v) is 5.16. The SMILES string of the molecule is CC.[CH2-]C(NC(=O)OC(C)(C)C)C(=O)OC.[CH3-].[Zn+2]. The molecule has 1 atom stereocenters. The maximum absolute atomic E-state index is 11.1. The number of alkyl carbamates (subject to hydrolysis) is 1. The van der Waals surface area contributed by atoms with Crippen molar-refractivity contribution in [2.45, 2.75) is 46.3 Å². The van der Waals surface area contributed by atoms with Crippen LogP contribution in [-0.2, 0) is 33.7 Å². The molecule has 0 rings (SSSR count). The summed E-state index contributed by atoms with van der Waals surface area (Å²) in [6, 6.07) is -0.949. The zero-order chi connectivity index (χ0) is 13.4. The minimum atomic E-state index is -0.949. The van der Waals surface area contributed by atoms with Gasteiger partial charge >= 0.3 is 25.6 Å².